The van der Waals surface area contributed by atoms with E-state index >= 15 is 0 Å². The second kappa shape index (κ2) is 8.90. The molecule has 0 atom stereocenters. The van der Waals surface area contributed by atoms with Gasteiger partial charge in [0.15, 0.2) is 0 Å². The van der Waals surface area contributed by atoms with Crippen LogP contribution in [0.1, 0.15) is 39.5 Å². The number of nitrogens with zero attached hydrogens (tertiary/aromatic N) is 2. The smallest absolute Gasteiger partial charge is 0.0109 e. The van der Waals surface area contributed by atoms with Gasteiger partial charge in [0, 0.05) is 13.1 Å². The van der Waals surface area contributed by atoms with E-state index in [1.807, 2.05) is 0 Å². The molecule has 0 spiro atoms. The lowest BCUT2D eigenvalue weighted by molar-refractivity contribution is 0.250. The minimum atomic E-state index is 0.828. The summed E-state index contributed by atoms with van der Waals surface area (Å²) in [5.41, 5.74) is 5.57. The Bertz CT molecular complexity index is 182. The molecule has 17 heavy (non-hydrogen) atoms. The van der Waals surface area contributed by atoms with Crippen molar-refractivity contribution in [3.05, 3.63) is 0 Å². The quantitative estimate of drug-likeness (QED) is 0.737. The van der Waals surface area contributed by atoms with Gasteiger partial charge in [-0.3, -0.25) is 0 Å². The van der Waals surface area contributed by atoms with Crippen molar-refractivity contribution in [2.75, 3.05) is 45.8 Å². The third-order valence-corrected chi connectivity index (χ3v) is 3.62. The van der Waals surface area contributed by atoms with Crippen LogP contribution in [0.2, 0.25) is 0 Å². The Morgan fingerprint density at radius 2 is 1.53 bits per heavy atom. The minimum absolute atomic E-state index is 0.828. The molecule has 0 unspecified atom stereocenters. The fourth-order valence-electron chi connectivity index (χ4n) is 2.51. The van der Waals surface area contributed by atoms with E-state index in [-0.39, 0.29) is 0 Å². The lowest BCUT2D eigenvalue weighted by Gasteiger charge is -2.21. The van der Waals surface area contributed by atoms with Crippen molar-refractivity contribution in [2.45, 2.75) is 39.5 Å². The molecule has 2 N–H and O–H groups in total. The first-order valence-corrected chi connectivity index (χ1v) is 7.37. The molecule has 1 aliphatic heterocycles. The van der Waals surface area contributed by atoms with Gasteiger partial charge >= 0.3 is 0 Å². The number of rotatable bonds is 7. The molecular weight excluding hydrogens is 210 g/mol. The van der Waals surface area contributed by atoms with Crippen LogP contribution in [0, 0.1) is 5.92 Å². The number of hydrogen-bond acceptors (Lipinski definition) is 3. The minimum Gasteiger partial charge on any atom is -0.330 e. The van der Waals surface area contributed by atoms with Gasteiger partial charge in [-0.1, -0.05) is 13.8 Å². The highest BCUT2D eigenvalue weighted by Gasteiger charge is 2.13. The van der Waals surface area contributed by atoms with Crippen LogP contribution in [0.15, 0.2) is 0 Å². The molecule has 0 saturated carbocycles. The molecule has 1 fully saturated rings. The fourth-order valence-corrected chi connectivity index (χ4v) is 2.51. The second-order valence-corrected chi connectivity index (χ2v) is 5.72. The third kappa shape index (κ3) is 7.02. The maximum Gasteiger partial charge on any atom is 0.0109 e. The topological polar surface area (TPSA) is 32.5 Å². The summed E-state index contributed by atoms with van der Waals surface area (Å²) in [5.74, 6) is 0.850. The molecule has 0 aromatic rings. The first kappa shape index (κ1) is 14.9. The zero-order chi connectivity index (χ0) is 12.5. The third-order valence-electron chi connectivity index (χ3n) is 3.62. The number of hydrogen-bond donors (Lipinski definition) is 1. The highest BCUT2D eigenvalue weighted by atomic mass is 15.2. The Morgan fingerprint density at radius 1 is 0.941 bits per heavy atom. The van der Waals surface area contributed by atoms with E-state index in [1.54, 1.807) is 0 Å². The van der Waals surface area contributed by atoms with Crippen molar-refractivity contribution in [3.63, 3.8) is 0 Å². The standard InChI is InChI=1S/C14H31N3/c1-14(2)6-3-8-16-10-5-11-17(13-12-16)9-4-7-15/h14H,3-13,15H2,1-2H3. The Kier molecular flexibility index (Phi) is 7.82. The van der Waals surface area contributed by atoms with E-state index in [4.69, 9.17) is 5.73 Å². The number of nitrogens with two attached hydrogens (primary N) is 1. The summed E-state index contributed by atoms with van der Waals surface area (Å²) in [6, 6.07) is 0. The molecule has 1 saturated heterocycles. The lowest BCUT2D eigenvalue weighted by Crippen LogP contribution is -2.32. The van der Waals surface area contributed by atoms with Crippen molar-refractivity contribution in [1.29, 1.82) is 0 Å². The van der Waals surface area contributed by atoms with E-state index in [2.05, 4.69) is 23.6 Å². The molecule has 0 aliphatic carbocycles. The Morgan fingerprint density at radius 3 is 2.06 bits per heavy atom. The van der Waals surface area contributed by atoms with Crippen molar-refractivity contribution >= 4 is 0 Å². The van der Waals surface area contributed by atoms with E-state index in [0.717, 1.165) is 18.9 Å². The Hall–Kier alpha value is -0.120. The molecule has 0 amide bonds. The van der Waals surface area contributed by atoms with Gasteiger partial charge in [0.05, 0.1) is 0 Å². The molecule has 0 aromatic heterocycles. The zero-order valence-corrected chi connectivity index (χ0v) is 11.8. The van der Waals surface area contributed by atoms with Gasteiger partial charge in [0.1, 0.15) is 0 Å². The van der Waals surface area contributed by atoms with Gasteiger partial charge in [-0.15, -0.1) is 0 Å². The molecule has 0 bridgehead atoms. The second-order valence-electron chi connectivity index (χ2n) is 5.72. The maximum absolute atomic E-state index is 5.57. The van der Waals surface area contributed by atoms with Gasteiger partial charge in [-0.25, -0.2) is 0 Å². The average molecular weight is 241 g/mol. The predicted octanol–water partition coefficient (Wildman–Crippen LogP) is 1.78. The normalized spacial score (nSPS) is 19.8. The highest BCUT2D eigenvalue weighted by molar-refractivity contribution is 4.70. The molecule has 0 aromatic carbocycles. The van der Waals surface area contributed by atoms with E-state index in [9.17, 15) is 0 Å². The van der Waals surface area contributed by atoms with Crippen molar-refractivity contribution < 1.29 is 0 Å². The highest BCUT2D eigenvalue weighted by Crippen LogP contribution is 2.08. The SMILES string of the molecule is CC(C)CCCN1CCCN(CCCN)CC1. The van der Waals surface area contributed by atoms with Gasteiger partial charge in [0.2, 0.25) is 0 Å². The van der Waals surface area contributed by atoms with E-state index in [1.165, 1.54) is 58.5 Å². The van der Waals surface area contributed by atoms with Crippen LogP contribution < -0.4 is 5.73 Å². The summed E-state index contributed by atoms with van der Waals surface area (Å²) in [7, 11) is 0. The molecule has 3 nitrogen and oxygen atoms in total. The largest absolute Gasteiger partial charge is 0.330 e. The van der Waals surface area contributed by atoms with Crippen LogP contribution in [0.3, 0.4) is 0 Å². The first-order chi connectivity index (χ1) is 8.22. The van der Waals surface area contributed by atoms with Gasteiger partial charge in [-0.2, -0.15) is 0 Å². The van der Waals surface area contributed by atoms with Crippen LogP contribution in [0.25, 0.3) is 0 Å². The summed E-state index contributed by atoms with van der Waals surface area (Å²) < 4.78 is 0. The molecule has 102 valence electrons. The molecule has 0 radical (unpaired) electrons. The van der Waals surface area contributed by atoms with Crippen LogP contribution in [0.5, 0.6) is 0 Å². The van der Waals surface area contributed by atoms with Crippen molar-refractivity contribution in [3.8, 4) is 0 Å². The van der Waals surface area contributed by atoms with Crippen LogP contribution in [0.4, 0.5) is 0 Å². The fraction of sp³-hybridized carbons (Fsp3) is 1.00. The van der Waals surface area contributed by atoms with E-state index < -0.39 is 0 Å². The van der Waals surface area contributed by atoms with Gasteiger partial charge < -0.3 is 15.5 Å². The molecule has 1 aliphatic rings. The molecular formula is C14H31N3. The molecule has 3 heteroatoms. The van der Waals surface area contributed by atoms with Crippen molar-refractivity contribution in [1.82, 2.24) is 9.80 Å². The predicted molar refractivity (Wildman–Crippen MR) is 75.2 cm³/mol. The lowest BCUT2D eigenvalue weighted by atomic mass is 10.1. The summed E-state index contributed by atoms with van der Waals surface area (Å²) >= 11 is 0. The Labute approximate surface area is 107 Å². The monoisotopic (exact) mass is 241 g/mol. The van der Waals surface area contributed by atoms with Crippen LogP contribution >= 0.6 is 0 Å². The molecule has 1 rings (SSSR count). The summed E-state index contributed by atoms with van der Waals surface area (Å²) in [6.07, 6.45) is 5.20. The summed E-state index contributed by atoms with van der Waals surface area (Å²) in [5, 5.41) is 0. The molecule has 1 heterocycles. The first-order valence-electron chi connectivity index (χ1n) is 7.37. The van der Waals surface area contributed by atoms with Crippen molar-refractivity contribution in [2.24, 2.45) is 11.7 Å². The van der Waals surface area contributed by atoms with Crippen LogP contribution in [-0.2, 0) is 0 Å². The van der Waals surface area contributed by atoms with Crippen LogP contribution in [-0.4, -0.2) is 55.6 Å². The summed E-state index contributed by atoms with van der Waals surface area (Å²) in [4.78, 5) is 5.22. The van der Waals surface area contributed by atoms with E-state index in [0.29, 0.717) is 0 Å². The van der Waals surface area contributed by atoms with Gasteiger partial charge in [-0.05, 0) is 64.3 Å². The zero-order valence-electron chi connectivity index (χ0n) is 11.8. The average Bonchev–Trinajstić information content (AvgIpc) is 2.51. The Balaban J connectivity index is 2.13. The summed E-state index contributed by atoms with van der Waals surface area (Å²) in [6.45, 7) is 13.0. The maximum atomic E-state index is 5.57. The van der Waals surface area contributed by atoms with Gasteiger partial charge in [0.25, 0.3) is 0 Å².